The van der Waals surface area contributed by atoms with Crippen LogP contribution in [0.1, 0.15) is 19.8 Å². The van der Waals surface area contributed by atoms with Gasteiger partial charge in [-0.1, -0.05) is 24.6 Å². The minimum atomic E-state index is -0.251. The lowest BCUT2D eigenvalue weighted by Gasteiger charge is -2.39. The standard InChI is InChI=1S/C17H25ClN2O4/c1-12-5-4-8-20(15(12)11-21)17(22)19-14-7-3-6-13(18)16(14)24-10-9-23-2/h3,6-7,12,15,21H,4-5,8-11H2,1-2H3,(H,19,22)/t12-,15+/m0/s1. The van der Waals surface area contributed by atoms with Gasteiger partial charge in [0.2, 0.25) is 0 Å². The van der Waals surface area contributed by atoms with E-state index in [1.807, 2.05) is 0 Å². The number of urea groups is 1. The van der Waals surface area contributed by atoms with Gasteiger partial charge in [-0.2, -0.15) is 0 Å². The molecule has 1 fully saturated rings. The number of aliphatic hydroxyl groups is 1. The Hall–Kier alpha value is -1.50. The summed E-state index contributed by atoms with van der Waals surface area (Å²) in [4.78, 5) is 14.3. The van der Waals surface area contributed by atoms with Crippen LogP contribution in [0.4, 0.5) is 10.5 Å². The molecule has 2 amide bonds. The number of benzene rings is 1. The monoisotopic (exact) mass is 356 g/mol. The lowest BCUT2D eigenvalue weighted by molar-refractivity contribution is 0.0811. The second-order valence-corrected chi connectivity index (χ2v) is 6.36. The lowest BCUT2D eigenvalue weighted by Crippen LogP contribution is -2.51. The summed E-state index contributed by atoms with van der Waals surface area (Å²) in [6, 6.07) is 4.78. The van der Waals surface area contributed by atoms with Gasteiger partial charge in [0.15, 0.2) is 5.75 Å². The van der Waals surface area contributed by atoms with Crippen molar-refractivity contribution in [3.8, 4) is 5.75 Å². The predicted molar refractivity (Wildman–Crippen MR) is 93.8 cm³/mol. The van der Waals surface area contributed by atoms with Crippen molar-refractivity contribution in [2.24, 2.45) is 5.92 Å². The van der Waals surface area contributed by atoms with E-state index in [9.17, 15) is 9.90 Å². The van der Waals surface area contributed by atoms with Gasteiger partial charge in [-0.25, -0.2) is 4.79 Å². The van der Waals surface area contributed by atoms with E-state index < -0.39 is 0 Å². The number of piperidine rings is 1. The molecule has 1 saturated heterocycles. The van der Waals surface area contributed by atoms with Crippen LogP contribution in [-0.4, -0.2) is 55.6 Å². The Labute approximate surface area is 147 Å². The van der Waals surface area contributed by atoms with Crippen molar-refractivity contribution >= 4 is 23.3 Å². The Morgan fingerprint density at radius 2 is 2.25 bits per heavy atom. The van der Waals surface area contributed by atoms with Gasteiger partial charge in [-0.05, 0) is 30.9 Å². The number of hydrogen-bond donors (Lipinski definition) is 2. The Balaban J connectivity index is 2.11. The van der Waals surface area contributed by atoms with Crippen LogP contribution in [0, 0.1) is 5.92 Å². The molecule has 0 aromatic heterocycles. The number of nitrogens with one attached hydrogen (secondary N) is 1. The Bertz CT molecular complexity index is 555. The molecule has 0 bridgehead atoms. The topological polar surface area (TPSA) is 71.0 Å². The first-order valence-electron chi connectivity index (χ1n) is 8.17. The second kappa shape index (κ2) is 9.11. The van der Waals surface area contributed by atoms with E-state index in [-0.39, 0.29) is 24.6 Å². The number of aliphatic hydroxyl groups excluding tert-OH is 1. The molecule has 1 aliphatic rings. The third-order valence-electron chi connectivity index (χ3n) is 4.31. The highest BCUT2D eigenvalue weighted by Gasteiger charge is 2.31. The molecule has 2 N–H and O–H groups in total. The fraction of sp³-hybridized carbons (Fsp3) is 0.588. The maximum atomic E-state index is 12.7. The lowest BCUT2D eigenvalue weighted by atomic mass is 9.91. The van der Waals surface area contributed by atoms with Crippen LogP contribution in [0.15, 0.2) is 18.2 Å². The zero-order chi connectivity index (χ0) is 17.5. The fourth-order valence-electron chi connectivity index (χ4n) is 2.95. The molecule has 7 heteroatoms. The van der Waals surface area contributed by atoms with Gasteiger partial charge < -0.3 is 24.8 Å². The normalized spacial score (nSPS) is 20.8. The van der Waals surface area contributed by atoms with E-state index in [1.54, 1.807) is 30.2 Å². The van der Waals surface area contributed by atoms with Gasteiger partial charge in [0.05, 0.1) is 30.0 Å². The molecule has 0 saturated carbocycles. The molecule has 0 radical (unpaired) electrons. The van der Waals surface area contributed by atoms with Gasteiger partial charge in [-0.3, -0.25) is 0 Å². The molecule has 134 valence electrons. The number of hydrogen-bond acceptors (Lipinski definition) is 4. The van der Waals surface area contributed by atoms with Crippen molar-refractivity contribution < 1.29 is 19.4 Å². The summed E-state index contributed by atoms with van der Waals surface area (Å²) in [7, 11) is 1.59. The van der Waals surface area contributed by atoms with E-state index in [2.05, 4.69) is 12.2 Å². The highest BCUT2D eigenvalue weighted by molar-refractivity contribution is 6.32. The average Bonchev–Trinajstić information content (AvgIpc) is 2.57. The molecule has 24 heavy (non-hydrogen) atoms. The summed E-state index contributed by atoms with van der Waals surface area (Å²) in [6.07, 6.45) is 1.94. The number of rotatable bonds is 6. The number of carbonyl (C=O) groups is 1. The third-order valence-corrected chi connectivity index (χ3v) is 4.60. The number of methoxy groups -OCH3 is 1. The van der Waals surface area contributed by atoms with E-state index >= 15 is 0 Å². The summed E-state index contributed by atoms with van der Waals surface area (Å²) in [5.74, 6) is 0.696. The minimum Gasteiger partial charge on any atom is -0.487 e. The smallest absolute Gasteiger partial charge is 0.322 e. The summed E-state index contributed by atoms with van der Waals surface area (Å²) < 4.78 is 10.6. The molecule has 2 rings (SSSR count). The van der Waals surface area contributed by atoms with Gasteiger partial charge in [-0.15, -0.1) is 0 Å². The number of anilines is 1. The van der Waals surface area contributed by atoms with Gasteiger partial charge in [0, 0.05) is 13.7 Å². The molecule has 2 atom stereocenters. The maximum Gasteiger partial charge on any atom is 0.322 e. The van der Waals surface area contributed by atoms with E-state index in [0.29, 0.717) is 36.2 Å². The maximum absolute atomic E-state index is 12.7. The van der Waals surface area contributed by atoms with Crippen molar-refractivity contribution in [1.29, 1.82) is 0 Å². The van der Waals surface area contributed by atoms with Crippen LogP contribution < -0.4 is 10.1 Å². The Kier molecular flexibility index (Phi) is 7.15. The number of halogens is 1. The number of ether oxygens (including phenoxy) is 2. The van der Waals surface area contributed by atoms with Crippen molar-refractivity contribution in [3.63, 3.8) is 0 Å². The minimum absolute atomic E-state index is 0.0403. The number of nitrogens with zero attached hydrogens (tertiary/aromatic N) is 1. The summed E-state index contributed by atoms with van der Waals surface area (Å²) in [6.45, 7) is 3.40. The quantitative estimate of drug-likeness (QED) is 0.769. The molecule has 0 unspecified atom stereocenters. The second-order valence-electron chi connectivity index (χ2n) is 5.95. The predicted octanol–water partition coefficient (Wildman–Crippen LogP) is 2.99. The van der Waals surface area contributed by atoms with Crippen LogP contribution in [-0.2, 0) is 4.74 Å². The van der Waals surface area contributed by atoms with Crippen LogP contribution >= 0.6 is 11.6 Å². The van der Waals surface area contributed by atoms with Crippen LogP contribution in [0.2, 0.25) is 5.02 Å². The summed E-state index contributed by atoms with van der Waals surface area (Å²) in [5, 5.41) is 12.9. The Morgan fingerprint density at radius 3 is 2.96 bits per heavy atom. The molecule has 1 aliphatic heterocycles. The molecule has 1 heterocycles. The molecule has 0 aliphatic carbocycles. The average molecular weight is 357 g/mol. The molecule has 6 nitrogen and oxygen atoms in total. The number of amides is 2. The molecule has 0 spiro atoms. The van der Waals surface area contributed by atoms with E-state index in [1.165, 1.54) is 0 Å². The van der Waals surface area contributed by atoms with Gasteiger partial charge in [0.1, 0.15) is 6.61 Å². The van der Waals surface area contributed by atoms with E-state index in [0.717, 1.165) is 12.8 Å². The first-order chi connectivity index (χ1) is 11.6. The molecule has 1 aromatic rings. The van der Waals surface area contributed by atoms with Crippen molar-refractivity contribution in [1.82, 2.24) is 4.90 Å². The zero-order valence-corrected chi connectivity index (χ0v) is 14.9. The number of para-hydroxylation sites is 1. The fourth-order valence-corrected chi connectivity index (χ4v) is 3.18. The van der Waals surface area contributed by atoms with Gasteiger partial charge >= 0.3 is 6.03 Å². The highest BCUT2D eigenvalue weighted by Crippen LogP contribution is 2.33. The number of likely N-dealkylation sites (tertiary alicyclic amines) is 1. The van der Waals surface area contributed by atoms with Crippen molar-refractivity contribution in [2.45, 2.75) is 25.8 Å². The molecular formula is C17H25ClN2O4. The van der Waals surface area contributed by atoms with Crippen LogP contribution in [0.25, 0.3) is 0 Å². The first-order valence-corrected chi connectivity index (χ1v) is 8.55. The van der Waals surface area contributed by atoms with E-state index in [4.69, 9.17) is 21.1 Å². The van der Waals surface area contributed by atoms with Crippen LogP contribution in [0.5, 0.6) is 5.75 Å². The summed E-state index contributed by atoms with van der Waals surface area (Å²) >= 11 is 6.19. The van der Waals surface area contributed by atoms with Crippen molar-refractivity contribution in [2.75, 3.05) is 38.8 Å². The number of carbonyl (C=O) groups excluding carboxylic acids is 1. The first kappa shape index (κ1) is 18.8. The van der Waals surface area contributed by atoms with Crippen LogP contribution in [0.3, 0.4) is 0 Å². The Morgan fingerprint density at radius 1 is 1.46 bits per heavy atom. The molecule has 1 aromatic carbocycles. The highest BCUT2D eigenvalue weighted by atomic mass is 35.5. The SMILES string of the molecule is COCCOc1c(Cl)cccc1NC(=O)N1CCC[C@H](C)[C@H]1CO. The molecular weight excluding hydrogens is 332 g/mol. The largest absolute Gasteiger partial charge is 0.487 e. The summed E-state index contributed by atoms with van der Waals surface area (Å²) in [5.41, 5.74) is 0.513. The zero-order valence-electron chi connectivity index (χ0n) is 14.1. The third kappa shape index (κ3) is 4.53. The van der Waals surface area contributed by atoms with Gasteiger partial charge in [0.25, 0.3) is 0 Å². The van der Waals surface area contributed by atoms with Crippen molar-refractivity contribution in [3.05, 3.63) is 23.2 Å².